The van der Waals surface area contributed by atoms with Crippen molar-refractivity contribution in [3.05, 3.63) is 18.2 Å². The number of hydrogen-bond acceptors (Lipinski definition) is 3. The van der Waals surface area contributed by atoms with Crippen molar-refractivity contribution in [3.8, 4) is 11.5 Å². The Morgan fingerprint density at radius 1 is 1.05 bits per heavy atom. The van der Waals surface area contributed by atoms with Gasteiger partial charge in [-0.25, -0.2) is 0 Å². The Kier molecular flexibility index (Phi) is 7.45. The molecule has 0 aliphatic heterocycles. The summed E-state index contributed by atoms with van der Waals surface area (Å²) >= 11 is 5.58. The molecule has 0 saturated heterocycles. The molecule has 1 aromatic rings. The van der Waals surface area contributed by atoms with E-state index in [1.807, 2.05) is 18.2 Å². The average molecular weight is 324 g/mol. The molecular formula is C17H28N2O2S. The molecule has 0 saturated carbocycles. The molecule has 1 rings (SSSR count). The molecule has 1 aromatic carbocycles. The van der Waals surface area contributed by atoms with E-state index in [1.54, 1.807) is 14.2 Å². The van der Waals surface area contributed by atoms with Gasteiger partial charge < -0.3 is 19.7 Å². The van der Waals surface area contributed by atoms with Crippen molar-refractivity contribution in [2.45, 2.75) is 27.7 Å². The van der Waals surface area contributed by atoms with Crippen LogP contribution in [0, 0.1) is 11.8 Å². The molecule has 4 nitrogen and oxygen atoms in total. The third kappa shape index (κ3) is 5.72. The monoisotopic (exact) mass is 324 g/mol. The van der Waals surface area contributed by atoms with Crippen molar-refractivity contribution in [2.24, 2.45) is 11.8 Å². The fraction of sp³-hybridized carbons (Fsp3) is 0.588. The van der Waals surface area contributed by atoms with E-state index in [9.17, 15) is 0 Å². The molecule has 0 aliphatic carbocycles. The number of nitrogens with zero attached hydrogens (tertiary/aromatic N) is 1. The predicted molar refractivity (Wildman–Crippen MR) is 97.0 cm³/mol. The molecule has 0 unspecified atom stereocenters. The molecule has 0 bridgehead atoms. The van der Waals surface area contributed by atoms with E-state index in [-0.39, 0.29) is 0 Å². The number of nitrogens with one attached hydrogen (secondary N) is 1. The van der Waals surface area contributed by atoms with Crippen LogP contribution in [0.15, 0.2) is 18.2 Å². The average Bonchev–Trinajstić information content (AvgIpc) is 2.45. The van der Waals surface area contributed by atoms with Crippen molar-refractivity contribution in [3.63, 3.8) is 0 Å². The molecule has 0 radical (unpaired) electrons. The maximum Gasteiger partial charge on any atom is 0.173 e. The van der Waals surface area contributed by atoms with Crippen LogP contribution in [0.3, 0.4) is 0 Å². The van der Waals surface area contributed by atoms with E-state index in [0.717, 1.165) is 23.9 Å². The molecule has 0 aromatic heterocycles. The lowest BCUT2D eigenvalue weighted by Crippen LogP contribution is -2.39. The lowest BCUT2D eigenvalue weighted by atomic mass is 10.1. The van der Waals surface area contributed by atoms with Crippen molar-refractivity contribution in [2.75, 3.05) is 32.6 Å². The van der Waals surface area contributed by atoms with Crippen LogP contribution in [0.5, 0.6) is 11.5 Å². The van der Waals surface area contributed by atoms with Crippen LogP contribution < -0.4 is 14.8 Å². The van der Waals surface area contributed by atoms with Gasteiger partial charge in [-0.05, 0) is 36.2 Å². The smallest absolute Gasteiger partial charge is 0.173 e. The van der Waals surface area contributed by atoms with Gasteiger partial charge in [-0.2, -0.15) is 0 Å². The summed E-state index contributed by atoms with van der Waals surface area (Å²) in [6.07, 6.45) is 0. The SMILES string of the molecule is COc1ccc(NC(=S)N(CC(C)C)CC(C)C)cc1OC. The van der Waals surface area contributed by atoms with Crippen LogP contribution in [0.2, 0.25) is 0 Å². The summed E-state index contributed by atoms with van der Waals surface area (Å²) in [6.45, 7) is 10.7. The minimum absolute atomic E-state index is 0.559. The Hall–Kier alpha value is -1.49. The van der Waals surface area contributed by atoms with E-state index >= 15 is 0 Å². The van der Waals surface area contributed by atoms with Crippen LogP contribution >= 0.6 is 12.2 Å². The van der Waals surface area contributed by atoms with Crippen LogP contribution in [-0.2, 0) is 0 Å². The molecule has 22 heavy (non-hydrogen) atoms. The zero-order chi connectivity index (χ0) is 16.7. The van der Waals surface area contributed by atoms with Gasteiger partial charge in [0, 0.05) is 24.8 Å². The predicted octanol–water partition coefficient (Wildman–Crippen LogP) is 4.01. The molecule has 124 valence electrons. The molecule has 0 fully saturated rings. The fourth-order valence-electron chi connectivity index (χ4n) is 2.24. The Balaban J connectivity index is 2.84. The largest absolute Gasteiger partial charge is 0.493 e. The zero-order valence-corrected chi connectivity index (χ0v) is 15.3. The first kappa shape index (κ1) is 18.6. The second-order valence-electron chi connectivity index (χ2n) is 6.19. The number of thiocarbonyl (C=S) groups is 1. The van der Waals surface area contributed by atoms with E-state index < -0.39 is 0 Å². The molecule has 1 N–H and O–H groups in total. The summed E-state index contributed by atoms with van der Waals surface area (Å²) in [5.74, 6) is 2.52. The highest BCUT2D eigenvalue weighted by Crippen LogP contribution is 2.29. The topological polar surface area (TPSA) is 33.7 Å². The number of ether oxygens (including phenoxy) is 2. The summed E-state index contributed by atoms with van der Waals surface area (Å²) in [4.78, 5) is 2.22. The normalized spacial score (nSPS) is 10.7. The molecule has 0 heterocycles. The Labute approximate surface area is 139 Å². The lowest BCUT2D eigenvalue weighted by molar-refractivity contribution is 0.332. The van der Waals surface area contributed by atoms with Gasteiger partial charge in [0.15, 0.2) is 16.6 Å². The van der Waals surface area contributed by atoms with Crippen molar-refractivity contribution in [1.82, 2.24) is 4.90 Å². The minimum Gasteiger partial charge on any atom is -0.493 e. The van der Waals surface area contributed by atoms with Gasteiger partial charge in [-0.15, -0.1) is 0 Å². The van der Waals surface area contributed by atoms with Gasteiger partial charge in [0.2, 0.25) is 0 Å². The minimum atomic E-state index is 0.559. The standard InChI is InChI=1S/C17H28N2O2S/c1-12(2)10-19(11-13(3)4)17(22)18-14-7-8-15(20-5)16(9-14)21-6/h7-9,12-13H,10-11H2,1-6H3,(H,18,22). The first-order chi connectivity index (χ1) is 10.4. The second-order valence-corrected chi connectivity index (χ2v) is 6.58. The van der Waals surface area contributed by atoms with Gasteiger partial charge in [0.05, 0.1) is 14.2 Å². The Morgan fingerprint density at radius 3 is 2.05 bits per heavy atom. The van der Waals surface area contributed by atoms with Gasteiger partial charge in [-0.1, -0.05) is 27.7 Å². The van der Waals surface area contributed by atoms with E-state index in [2.05, 4.69) is 37.9 Å². The molecule has 0 amide bonds. The van der Waals surface area contributed by atoms with E-state index in [1.165, 1.54) is 0 Å². The van der Waals surface area contributed by atoms with E-state index in [0.29, 0.717) is 23.3 Å². The maximum absolute atomic E-state index is 5.58. The number of anilines is 1. The van der Waals surface area contributed by atoms with Crippen molar-refractivity contribution in [1.29, 1.82) is 0 Å². The summed E-state index contributed by atoms with van der Waals surface area (Å²) in [5.41, 5.74) is 0.903. The Bertz CT molecular complexity index is 480. The lowest BCUT2D eigenvalue weighted by Gasteiger charge is -2.29. The maximum atomic E-state index is 5.58. The highest BCUT2D eigenvalue weighted by Gasteiger charge is 2.14. The van der Waals surface area contributed by atoms with Crippen LogP contribution in [0.4, 0.5) is 5.69 Å². The molecular weight excluding hydrogens is 296 g/mol. The highest BCUT2D eigenvalue weighted by molar-refractivity contribution is 7.80. The third-order valence-corrected chi connectivity index (χ3v) is 3.45. The zero-order valence-electron chi connectivity index (χ0n) is 14.5. The number of rotatable bonds is 7. The van der Waals surface area contributed by atoms with Gasteiger partial charge >= 0.3 is 0 Å². The van der Waals surface area contributed by atoms with Crippen LogP contribution in [-0.4, -0.2) is 37.3 Å². The van der Waals surface area contributed by atoms with Crippen LogP contribution in [0.25, 0.3) is 0 Å². The first-order valence-corrected chi connectivity index (χ1v) is 8.06. The fourth-order valence-corrected chi connectivity index (χ4v) is 2.51. The Morgan fingerprint density at radius 2 is 1.59 bits per heavy atom. The molecule has 0 aliphatic rings. The van der Waals surface area contributed by atoms with Gasteiger partial charge in [-0.3, -0.25) is 0 Å². The molecule has 0 atom stereocenters. The van der Waals surface area contributed by atoms with E-state index in [4.69, 9.17) is 21.7 Å². The highest BCUT2D eigenvalue weighted by atomic mass is 32.1. The number of benzene rings is 1. The summed E-state index contributed by atoms with van der Waals surface area (Å²) in [5, 5.41) is 4.05. The summed E-state index contributed by atoms with van der Waals surface area (Å²) < 4.78 is 10.6. The quantitative estimate of drug-likeness (QED) is 0.766. The van der Waals surface area contributed by atoms with Crippen molar-refractivity contribution < 1.29 is 9.47 Å². The van der Waals surface area contributed by atoms with Gasteiger partial charge in [0.25, 0.3) is 0 Å². The molecule has 5 heteroatoms. The number of methoxy groups -OCH3 is 2. The van der Waals surface area contributed by atoms with Crippen LogP contribution in [0.1, 0.15) is 27.7 Å². The van der Waals surface area contributed by atoms with Gasteiger partial charge in [0.1, 0.15) is 0 Å². The third-order valence-electron chi connectivity index (χ3n) is 3.09. The van der Waals surface area contributed by atoms with Crippen molar-refractivity contribution >= 4 is 23.0 Å². The second kappa shape index (κ2) is 8.83. The number of hydrogen-bond donors (Lipinski definition) is 1. The summed E-state index contributed by atoms with van der Waals surface area (Å²) in [7, 11) is 3.26. The summed E-state index contributed by atoms with van der Waals surface area (Å²) in [6, 6.07) is 5.71. The molecule has 0 spiro atoms. The first-order valence-electron chi connectivity index (χ1n) is 7.65.